The van der Waals surface area contributed by atoms with E-state index in [1.54, 1.807) is 0 Å². The second kappa shape index (κ2) is 42.2. The predicted octanol–water partition coefficient (Wildman–Crippen LogP) is -7.96. The van der Waals surface area contributed by atoms with Gasteiger partial charge in [0.1, 0.15) is 0 Å². The first kappa shape index (κ1) is 55.2. The van der Waals surface area contributed by atoms with Crippen LogP contribution in [0, 0.1) is 0 Å². The van der Waals surface area contributed by atoms with Crippen molar-refractivity contribution in [3.8, 4) is 0 Å². The molecule has 0 aliphatic carbocycles. The Morgan fingerprint density at radius 2 is 0.286 bits per heavy atom. The van der Waals surface area contributed by atoms with Crippen LogP contribution < -0.4 is 0 Å². The molecule has 0 saturated carbocycles. The summed E-state index contributed by atoms with van der Waals surface area (Å²) >= 11 is 0. The maximum atomic E-state index is 0. The van der Waals surface area contributed by atoms with Gasteiger partial charge in [0.15, 0.2) is 0 Å². The molecule has 0 atom stereocenters. The molecular formula is H24Sb4Ti3. The minimum atomic E-state index is 0. The topological polar surface area (TPSA) is 0 Å². The van der Waals surface area contributed by atoms with E-state index < -0.39 is 0 Å². The molecule has 0 N–H and O–H groups in total. The van der Waals surface area contributed by atoms with Gasteiger partial charge < -0.3 is 0 Å². The van der Waals surface area contributed by atoms with Gasteiger partial charge in [0, 0.05) is 0 Å². The molecule has 0 fully saturated rings. The third-order valence-corrected chi connectivity index (χ3v) is 0. The van der Waals surface area contributed by atoms with Gasteiger partial charge >= 0.3 is 163 Å². The molecule has 0 aliphatic heterocycles. The van der Waals surface area contributed by atoms with Gasteiger partial charge in [-0.2, -0.15) is 0 Å². The molecule has 0 bridgehead atoms. The Morgan fingerprint density at radius 3 is 0.286 bits per heavy atom. The van der Waals surface area contributed by atoms with E-state index >= 15 is 0 Å². The molecule has 7 heavy (non-hydrogen) atoms. The van der Waals surface area contributed by atoms with Gasteiger partial charge in [-0.05, 0) is 0 Å². The zero-order valence-electron chi connectivity index (χ0n) is 1.50. The standard InChI is InChI=1S/4Sb.3Ti.24H/q4*-3;3*+4;;;;;;;;;;;;;;;;;;;;;;;;. The van der Waals surface area contributed by atoms with Crippen molar-refractivity contribution < 1.29 is 65.2 Å². The molecular weight excluding hydrogens is 631 g/mol. The molecule has 0 aromatic heterocycles. The second-order valence-electron chi connectivity index (χ2n) is 0. The van der Waals surface area contributed by atoms with Gasteiger partial charge in [0.05, 0.1) is 0 Å². The maximum Gasteiger partial charge on any atom is 4.00 e. The minimum absolute atomic E-state index is 0. The van der Waals surface area contributed by atoms with Gasteiger partial charge in [-0.1, -0.05) is 0 Å². The van der Waals surface area contributed by atoms with Crippen LogP contribution >= 0.6 is 0 Å². The molecule has 0 spiro atoms. The molecule has 0 amide bonds. The summed E-state index contributed by atoms with van der Waals surface area (Å²) < 4.78 is 0. The molecule has 0 aliphatic rings. The summed E-state index contributed by atoms with van der Waals surface area (Å²) in [5, 5.41) is 0. The third-order valence-electron chi connectivity index (χ3n) is 0. The summed E-state index contributed by atoms with van der Waals surface area (Å²) in [5.41, 5.74) is 0. The molecule has 7 heteroatoms. The van der Waals surface area contributed by atoms with Gasteiger partial charge in [-0.15, -0.1) is 0 Å². The van der Waals surface area contributed by atoms with E-state index in [0.717, 1.165) is 0 Å². The van der Waals surface area contributed by atoms with E-state index in [0.29, 0.717) is 0 Å². The Labute approximate surface area is 159 Å². The van der Waals surface area contributed by atoms with Crippen molar-refractivity contribution in [2.24, 2.45) is 0 Å². The fourth-order valence-electron chi connectivity index (χ4n) is 0. The summed E-state index contributed by atoms with van der Waals surface area (Å²) in [7, 11) is 0. The van der Waals surface area contributed by atoms with Gasteiger partial charge in [0.2, 0.25) is 0 Å². The van der Waals surface area contributed by atoms with Crippen LogP contribution in [0.3, 0.4) is 0 Å². The molecule has 0 aromatic carbocycles. The van der Waals surface area contributed by atoms with Crippen molar-refractivity contribution in [2.75, 3.05) is 0 Å². The second-order valence-corrected chi connectivity index (χ2v) is 0. The zero-order chi connectivity index (χ0) is 0. The SMILES string of the molecule is [SbH6-3].[SbH6-3].[SbH6-3].[SbH6-3].[Ti+4].[Ti+4].[Ti+4]. The smallest absolute Gasteiger partial charge is 4.00 e. The summed E-state index contributed by atoms with van der Waals surface area (Å²) in [5.74, 6) is 0. The van der Waals surface area contributed by atoms with Crippen LogP contribution in [-0.4, -0.2) is 97.7 Å². The van der Waals surface area contributed by atoms with Crippen molar-refractivity contribution in [1.82, 2.24) is 0 Å². The van der Waals surface area contributed by atoms with E-state index in [-0.39, 0.29) is 163 Å². The molecule has 0 aromatic rings. The van der Waals surface area contributed by atoms with Crippen molar-refractivity contribution in [3.05, 3.63) is 0 Å². The summed E-state index contributed by atoms with van der Waals surface area (Å²) in [6.07, 6.45) is 0. The average Bonchev–Trinajstić information content (AvgIpc) is 0. The monoisotopic (exact) mass is 652 g/mol. The molecule has 0 nitrogen and oxygen atoms in total. The predicted molar refractivity (Wildman–Crippen MR) is 56.5 cm³/mol. The fraction of sp³-hybridized carbons (Fsp3) is 0. The van der Waals surface area contributed by atoms with E-state index in [9.17, 15) is 0 Å². The summed E-state index contributed by atoms with van der Waals surface area (Å²) in [6.45, 7) is 0. The first-order chi connectivity index (χ1) is 0. The van der Waals surface area contributed by atoms with Crippen molar-refractivity contribution in [2.45, 2.75) is 0 Å². The van der Waals surface area contributed by atoms with Crippen LogP contribution in [-0.2, 0) is 65.2 Å². The fourth-order valence-corrected chi connectivity index (χ4v) is 0. The van der Waals surface area contributed by atoms with Crippen LogP contribution in [0.5, 0.6) is 0 Å². The van der Waals surface area contributed by atoms with Crippen LogP contribution in [0.25, 0.3) is 0 Å². The van der Waals surface area contributed by atoms with E-state index in [1.807, 2.05) is 0 Å². The van der Waals surface area contributed by atoms with E-state index in [2.05, 4.69) is 0 Å². The van der Waals surface area contributed by atoms with E-state index in [1.165, 1.54) is 0 Å². The zero-order valence-corrected chi connectivity index (χ0v) is 6.19. The van der Waals surface area contributed by atoms with Gasteiger partial charge in [-0.25, -0.2) is 0 Å². The molecule has 0 heterocycles. The Hall–Kier alpha value is 5.42. The Morgan fingerprint density at radius 1 is 0.286 bits per heavy atom. The summed E-state index contributed by atoms with van der Waals surface area (Å²) in [6, 6.07) is 0. The minimum Gasteiger partial charge on any atom is 4.00 e. The van der Waals surface area contributed by atoms with E-state index in [4.69, 9.17) is 0 Å². The van der Waals surface area contributed by atoms with Gasteiger partial charge in [-0.3, -0.25) is 0 Å². The molecule has 56 valence electrons. The number of rotatable bonds is 0. The molecule has 0 radical (unpaired) electrons. The Kier molecular flexibility index (Phi) is 333. The first-order valence-electron chi connectivity index (χ1n) is 0. The average molecular weight is 655 g/mol. The van der Waals surface area contributed by atoms with Crippen LogP contribution in [0.15, 0.2) is 0 Å². The molecule has 0 saturated heterocycles. The quantitative estimate of drug-likeness (QED) is 0.228. The van der Waals surface area contributed by atoms with Gasteiger partial charge in [0.25, 0.3) is 0 Å². The van der Waals surface area contributed by atoms with Crippen molar-refractivity contribution in [3.63, 3.8) is 0 Å². The van der Waals surface area contributed by atoms with Crippen molar-refractivity contribution >= 4 is 97.7 Å². The maximum absolute atomic E-state index is 0. The van der Waals surface area contributed by atoms with Crippen LogP contribution in [0.4, 0.5) is 0 Å². The van der Waals surface area contributed by atoms with Crippen molar-refractivity contribution in [1.29, 1.82) is 0 Å². The number of hydrogen-bond acceptors (Lipinski definition) is 0. The third kappa shape index (κ3) is 34.5. The molecule has 0 unspecified atom stereocenters. The Bertz CT molecular complexity index is 6.90. The summed E-state index contributed by atoms with van der Waals surface area (Å²) in [4.78, 5) is 0. The molecule has 0 rings (SSSR count). The largest absolute Gasteiger partial charge is 4.00 e. The number of hydrogen-bond donors (Lipinski definition) is 0. The normalized spacial score (nSPS) is 0. The Balaban J connectivity index is 0. The first-order valence-corrected chi connectivity index (χ1v) is 0. The van der Waals surface area contributed by atoms with Crippen LogP contribution in [0.1, 0.15) is 0 Å². The van der Waals surface area contributed by atoms with Crippen LogP contribution in [0.2, 0.25) is 0 Å².